The second kappa shape index (κ2) is 8.03. The first kappa shape index (κ1) is 21.2. The molecule has 1 aliphatic carbocycles. The minimum Gasteiger partial charge on any atom is -0.391 e. The van der Waals surface area contributed by atoms with E-state index in [9.17, 15) is 9.90 Å². The zero-order valence-corrected chi connectivity index (χ0v) is 19.0. The number of nitrogens with zero attached hydrogens (tertiary/aromatic N) is 3. The lowest BCUT2D eigenvalue weighted by Crippen LogP contribution is -2.44. The van der Waals surface area contributed by atoms with Crippen molar-refractivity contribution in [3.8, 4) is 0 Å². The maximum atomic E-state index is 13.7. The van der Waals surface area contributed by atoms with Crippen molar-refractivity contribution in [2.24, 2.45) is 11.1 Å². The molecule has 1 fully saturated rings. The fraction of sp³-hybridized carbons (Fsp3) is 0.560. The summed E-state index contributed by atoms with van der Waals surface area (Å²) >= 11 is 0. The summed E-state index contributed by atoms with van der Waals surface area (Å²) in [5.74, 6) is 0.109. The average Bonchev–Trinajstić information content (AvgIpc) is 3.48. The first-order valence-electron chi connectivity index (χ1n) is 11.6. The Morgan fingerprint density at radius 2 is 2.12 bits per heavy atom. The standard InChI is InChI=1S/C25H31N3O4/c1-15(2)23(22-11-16(3)26-31-22)24(30)28-14-18(29)12-21(28)20-13-25(32-27-20)10-6-8-17-7-4-5-9-19(17)25/h4-5,7,9,11,15,18,21,23,29H,6,8,10,12-14H2,1-3H3/t18-,21-,23+,25?/m1/s1. The number of aliphatic hydroxyl groups is 1. The summed E-state index contributed by atoms with van der Waals surface area (Å²) in [6.07, 6.45) is 3.56. The topological polar surface area (TPSA) is 88.2 Å². The third-order valence-corrected chi connectivity index (χ3v) is 7.17. The van der Waals surface area contributed by atoms with Gasteiger partial charge in [-0.1, -0.05) is 48.4 Å². The van der Waals surface area contributed by atoms with Crippen molar-refractivity contribution in [1.29, 1.82) is 0 Å². The predicted molar refractivity (Wildman–Crippen MR) is 119 cm³/mol. The molecule has 0 radical (unpaired) electrons. The molecular weight excluding hydrogens is 406 g/mol. The number of hydrogen-bond acceptors (Lipinski definition) is 6. The summed E-state index contributed by atoms with van der Waals surface area (Å²) in [5.41, 5.74) is 3.67. The van der Waals surface area contributed by atoms with E-state index < -0.39 is 17.6 Å². The van der Waals surface area contributed by atoms with Gasteiger partial charge in [-0.3, -0.25) is 4.79 Å². The Labute approximate surface area is 188 Å². The lowest BCUT2D eigenvalue weighted by Gasteiger charge is -2.34. The van der Waals surface area contributed by atoms with Crippen molar-refractivity contribution < 1.29 is 19.3 Å². The molecule has 1 saturated heterocycles. The molecule has 5 rings (SSSR count). The highest BCUT2D eigenvalue weighted by Gasteiger charge is 2.49. The van der Waals surface area contributed by atoms with Crippen LogP contribution in [0.1, 0.15) is 68.0 Å². The van der Waals surface area contributed by atoms with Gasteiger partial charge in [0.15, 0.2) is 5.60 Å². The summed E-state index contributed by atoms with van der Waals surface area (Å²) in [4.78, 5) is 21.6. The quantitative estimate of drug-likeness (QED) is 0.788. The molecule has 2 aliphatic heterocycles. The van der Waals surface area contributed by atoms with Gasteiger partial charge in [-0.2, -0.15) is 0 Å². The predicted octanol–water partition coefficient (Wildman–Crippen LogP) is 3.69. The first-order chi connectivity index (χ1) is 15.4. The van der Waals surface area contributed by atoms with Crippen molar-refractivity contribution >= 4 is 11.6 Å². The molecule has 7 heteroatoms. The Bertz CT molecular complexity index is 1050. The van der Waals surface area contributed by atoms with Crippen molar-refractivity contribution in [2.45, 2.75) is 76.5 Å². The van der Waals surface area contributed by atoms with Crippen LogP contribution in [0.5, 0.6) is 0 Å². The number of oxime groups is 1. The fourth-order valence-corrected chi connectivity index (χ4v) is 5.66. The van der Waals surface area contributed by atoms with E-state index in [1.54, 1.807) is 4.90 Å². The molecule has 1 spiro atoms. The van der Waals surface area contributed by atoms with Gasteiger partial charge in [0.2, 0.25) is 5.91 Å². The lowest BCUT2D eigenvalue weighted by molar-refractivity contribution is -0.134. The van der Waals surface area contributed by atoms with E-state index in [4.69, 9.17) is 9.36 Å². The minimum absolute atomic E-state index is 0.0339. The smallest absolute Gasteiger partial charge is 0.234 e. The van der Waals surface area contributed by atoms with E-state index in [1.165, 1.54) is 11.1 Å². The highest BCUT2D eigenvalue weighted by Crippen LogP contribution is 2.46. The largest absolute Gasteiger partial charge is 0.391 e. The molecule has 1 amide bonds. The van der Waals surface area contributed by atoms with Crippen molar-refractivity contribution in [1.82, 2.24) is 10.1 Å². The second-order valence-electron chi connectivity index (χ2n) is 9.84. The van der Waals surface area contributed by atoms with Gasteiger partial charge in [-0.25, -0.2) is 0 Å². The normalized spacial score (nSPS) is 28.0. The number of hydrogen-bond donors (Lipinski definition) is 1. The molecule has 32 heavy (non-hydrogen) atoms. The van der Waals surface area contributed by atoms with E-state index in [-0.39, 0.29) is 17.9 Å². The van der Waals surface area contributed by atoms with Crippen LogP contribution in [-0.4, -0.2) is 45.5 Å². The molecule has 0 bridgehead atoms. The highest BCUT2D eigenvalue weighted by atomic mass is 16.7. The highest BCUT2D eigenvalue weighted by molar-refractivity contribution is 5.96. The number of aliphatic hydroxyl groups excluding tert-OH is 1. The molecule has 1 aromatic carbocycles. The number of likely N-dealkylation sites (tertiary alicyclic amines) is 1. The Kier molecular flexibility index (Phi) is 5.32. The molecular formula is C25H31N3O4. The zero-order chi connectivity index (χ0) is 22.5. The first-order valence-corrected chi connectivity index (χ1v) is 11.6. The molecule has 170 valence electrons. The lowest BCUT2D eigenvalue weighted by atomic mass is 9.76. The van der Waals surface area contributed by atoms with E-state index in [1.807, 2.05) is 26.8 Å². The molecule has 3 aliphatic rings. The monoisotopic (exact) mass is 437 g/mol. The van der Waals surface area contributed by atoms with Crippen LogP contribution in [0.4, 0.5) is 0 Å². The van der Waals surface area contributed by atoms with Gasteiger partial charge < -0.3 is 19.4 Å². The number of benzene rings is 1. The second-order valence-corrected chi connectivity index (χ2v) is 9.84. The maximum Gasteiger partial charge on any atom is 0.234 e. The number of amides is 1. The third kappa shape index (κ3) is 3.52. The van der Waals surface area contributed by atoms with Crippen molar-refractivity contribution in [3.63, 3.8) is 0 Å². The Balaban J connectivity index is 1.41. The average molecular weight is 438 g/mol. The maximum absolute atomic E-state index is 13.7. The van der Waals surface area contributed by atoms with E-state index in [0.29, 0.717) is 25.1 Å². The summed E-state index contributed by atoms with van der Waals surface area (Å²) in [5, 5.41) is 19.0. The van der Waals surface area contributed by atoms with Crippen molar-refractivity contribution in [3.05, 3.63) is 52.9 Å². The van der Waals surface area contributed by atoms with Gasteiger partial charge in [0.05, 0.1) is 23.6 Å². The Morgan fingerprint density at radius 3 is 2.88 bits per heavy atom. The summed E-state index contributed by atoms with van der Waals surface area (Å²) in [7, 11) is 0. The van der Waals surface area contributed by atoms with Gasteiger partial charge in [-0.15, -0.1) is 0 Å². The number of aryl methyl sites for hydroxylation is 2. The minimum atomic E-state index is -0.578. The van der Waals surface area contributed by atoms with Crippen LogP contribution >= 0.6 is 0 Å². The number of carbonyl (C=O) groups excluding carboxylic acids is 1. The molecule has 1 N–H and O–H groups in total. The van der Waals surface area contributed by atoms with Gasteiger partial charge in [0.1, 0.15) is 11.7 Å². The van der Waals surface area contributed by atoms with Gasteiger partial charge in [0, 0.05) is 31.0 Å². The van der Waals surface area contributed by atoms with Gasteiger partial charge in [0.25, 0.3) is 0 Å². The van der Waals surface area contributed by atoms with Crippen LogP contribution in [0.2, 0.25) is 0 Å². The molecule has 1 unspecified atom stereocenters. The number of β-amino-alcohol motifs (C(OH)–C–C–N with tert-alkyl or cyclic N) is 1. The zero-order valence-electron chi connectivity index (χ0n) is 19.0. The van der Waals surface area contributed by atoms with Crippen LogP contribution in [0.15, 0.2) is 40.0 Å². The van der Waals surface area contributed by atoms with Crippen LogP contribution in [0.25, 0.3) is 0 Å². The number of carbonyl (C=O) groups is 1. The molecule has 2 aromatic rings. The Hall–Kier alpha value is -2.67. The SMILES string of the molecule is Cc1cc([C@@H](C(=O)N2C[C@H](O)C[C@@H]2C2=NOC3(CCCc4ccccc43)C2)C(C)C)on1. The van der Waals surface area contributed by atoms with E-state index >= 15 is 0 Å². The number of rotatable bonds is 4. The summed E-state index contributed by atoms with van der Waals surface area (Å²) in [6.45, 7) is 6.16. The molecule has 4 atom stereocenters. The summed E-state index contributed by atoms with van der Waals surface area (Å²) < 4.78 is 5.47. The van der Waals surface area contributed by atoms with Crippen LogP contribution in [0, 0.1) is 12.8 Å². The molecule has 1 aromatic heterocycles. The fourth-order valence-electron chi connectivity index (χ4n) is 5.66. The molecule has 3 heterocycles. The van der Waals surface area contributed by atoms with Crippen LogP contribution in [-0.2, 0) is 21.7 Å². The number of aromatic nitrogens is 1. The van der Waals surface area contributed by atoms with Gasteiger partial charge in [-0.05, 0) is 37.7 Å². The number of fused-ring (bicyclic) bond motifs is 2. The van der Waals surface area contributed by atoms with Crippen molar-refractivity contribution in [2.75, 3.05) is 6.54 Å². The van der Waals surface area contributed by atoms with E-state index in [0.717, 1.165) is 30.7 Å². The van der Waals surface area contributed by atoms with Crippen LogP contribution < -0.4 is 0 Å². The molecule has 7 nitrogen and oxygen atoms in total. The van der Waals surface area contributed by atoms with Crippen LogP contribution in [0.3, 0.4) is 0 Å². The molecule has 0 saturated carbocycles. The van der Waals surface area contributed by atoms with E-state index in [2.05, 4.69) is 34.6 Å². The third-order valence-electron chi connectivity index (χ3n) is 7.17. The summed E-state index contributed by atoms with van der Waals surface area (Å²) in [6, 6.07) is 9.99. The van der Waals surface area contributed by atoms with Gasteiger partial charge >= 0.3 is 0 Å². The Morgan fingerprint density at radius 1 is 1.31 bits per heavy atom.